The van der Waals surface area contributed by atoms with E-state index in [1.807, 2.05) is 17.2 Å². The van der Waals surface area contributed by atoms with Gasteiger partial charge in [-0.25, -0.2) is 0 Å². The van der Waals surface area contributed by atoms with Crippen LogP contribution in [0.15, 0.2) is 53.3 Å². The van der Waals surface area contributed by atoms with E-state index in [-0.39, 0.29) is 11.7 Å². The number of fused-ring (bicyclic) bond motifs is 1. The maximum absolute atomic E-state index is 13.1. The molecule has 1 amide bonds. The third-order valence-corrected chi connectivity index (χ3v) is 8.23. The predicted octanol–water partition coefficient (Wildman–Crippen LogP) is 5.03. The molecule has 4 atom stereocenters. The topological polar surface area (TPSA) is 47.9 Å². The second-order valence-corrected chi connectivity index (χ2v) is 10.6. The number of allylic oxidation sites excluding steroid dienone is 1. The Morgan fingerprint density at radius 2 is 2.19 bits per heavy atom. The molecule has 6 heteroatoms. The van der Waals surface area contributed by atoms with Crippen LogP contribution in [0.5, 0.6) is 0 Å². The van der Waals surface area contributed by atoms with Crippen molar-refractivity contribution in [2.45, 2.75) is 52.9 Å². The van der Waals surface area contributed by atoms with Gasteiger partial charge in [0, 0.05) is 43.7 Å². The summed E-state index contributed by atoms with van der Waals surface area (Å²) in [4.78, 5) is 22.3. The van der Waals surface area contributed by atoms with Crippen molar-refractivity contribution in [3.63, 3.8) is 0 Å². The lowest BCUT2D eigenvalue weighted by Gasteiger charge is -2.39. The standard InChI is InChI=1S/C26H35N4OP/c1-6-17(2)20(5)28-23-13-21(8-7-18(23)3)24-14-25(31)30-16-22(9-10-26(30)32-24)29-12-11-27-19(4)15-29/h7-10,13-14,16-17,19,26-27,32H,6,11-12,15H2,1-5H3/t17?,19-,26?/m0/s1. The van der Waals surface area contributed by atoms with Gasteiger partial charge >= 0.3 is 0 Å². The molecule has 3 heterocycles. The van der Waals surface area contributed by atoms with E-state index in [1.165, 1.54) is 5.56 Å². The molecular weight excluding hydrogens is 415 g/mol. The van der Waals surface area contributed by atoms with Gasteiger partial charge in [-0.1, -0.05) is 40.6 Å². The highest BCUT2D eigenvalue weighted by Gasteiger charge is 2.30. The number of aliphatic imine (C=N–C) groups is 1. The number of rotatable bonds is 5. The summed E-state index contributed by atoms with van der Waals surface area (Å²) in [6.07, 6.45) is 9.35. The summed E-state index contributed by atoms with van der Waals surface area (Å²) in [5.74, 6) is 0.632. The van der Waals surface area contributed by atoms with E-state index in [0.717, 1.165) is 54.0 Å². The second kappa shape index (κ2) is 9.72. The Morgan fingerprint density at radius 1 is 1.38 bits per heavy atom. The third kappa shape index (κ3) is 4.89. The normalized spacial score (nSPS) is 25.5. The molecule has 1 fully saturated rings. The van der Waals surface area contributed by atoms with Crippen LogP contribution < -0.4 is 5.32 Å². The average molecular weight is 451 g/mol. The van der Waals surface area contributed by atoms with Crippen LogP contribution in [0.2, 0.25) is 0 Å². The zero-order valence-corrected chi connectivity index (χ0v) is 20.9. The molecule has 5 nitrogen and oxygen atoms in total. The van der Waals surface area contributed by atoms with Crippen LogP contribution >= 0.6 is 8.58 Å². The number of benzene rings is 1. The van der Waals surface area contributed by atoms with Gasteiger partial charge in [-0.05, 0) is 61.7 Å². The number of amides is 1. The number of carbonyl (C=O) groups excluding carboxylic acids is 1. The summed E-state index contributed by atoms with van der Waals surface area (Å²) in [7, 11) is 0.520. The summed E-state index contributed by atoms with van der Waals surface area (Å²) < 4.78 is 0. The van der Waals surface area contributed by atoms with Crippen LogP contribution in [-0.2, 0) is 4.79 Å². The maximum atomic E-state index is 13.1. The summed E-state index contributed by atoms with van der Waals surface area (Å²) in [6.45, 7) is 13.7. The van der Waals surface area contributed by atoms with Gasteiger partial charge in [-0.15, -0.1) is 0 Å². The van der Waals surface area contributed by atoms with Crippen molar-refractivity contribution < 1.29 is 4.79 Å². The fourth-order valence-electron chi connectivity index (χ4n) is 4.28. The Balaban J connectivity index is 1.57. The van der Waals surface area contributed by atoms with Gasteiger partial charge in [0.2, 0.25) is 0 Å². The van der Waals surface area contributed by atoms with Crippen LogP contribution in [0, 0.1) is 12.8 Å². The summed E-state index contributed by atoms with van der Waals surface area (Å²) in [6, 6.07) is 6.87. The van der Waals surface area contributed by atoms with Crippen LogP contribution in [0.1, 0.15) is 45.2 Å². The molecule has 0 aromatic heterocycles. The molecule has 0 radical (unpaired) electrons. The summed E-state index contributed by atoms with van der Waals surface area (Å²) >= 11 is 0. The number of hydrogen-bond donors (Lipinski definition) is 1. The van der Waals surface area contributed by atoms with Crippen molar-refractivity contribution in [3.8, 4) is 0 Å². The first-order valence-corrected chi connectivity index (χ1v) is 12.8. The lowest BCUT2D eigenvalue weighted by atomic mass is 10.0. The highest BCUT2D eigenvalue weighted by molar-refractivity contribution is 7.51. The smallest absolute Gasteiger partial charge is 0.252 e. The Hall–Kier alpha value is -2.23. The number of hydrogen-bond acceptors (Lipinski definition) is 4. The molecule has 1 aromatic carbocycles. The lowest BCUT2D eigenvalue weighted by molar-refractivity contribution is -0.123. The number of nitrogens with one attached hydrogen (secondary N) is 1. The zero-order valence-electron chi connectivity index (χ0n) is 19.9. The average Bonchev–Trinajstić information content (AvgIpc) is 2.79. The van der Waals surface area contributed by atoms with E-state index >= 15 is 0 Å². The van der Waals surface area contributed by atoms with Gasteiger partial charge in [-0.2, -0.15) is 0 Å². The minimum Gasteiger partial charge on any atom is -0.368 e. The quantitative estimate of drug-likeness (QED) is 0.506. The van der Waals surface area contributed by atoms with Gasteiger partial charge in [0.1, 0.15) is 0 Å². The first-order chi connectivity index (χ1) is 15.4. The first-order valence-electron chi connectivity index (χ1n) is 11.7. The second-order valence-electron chi connectivity index (χ2n) is 9.17. The summed E-state index contributed by atoms with van der Waals surface area (Å²) in [5, 5.41) is 4.60. The monoisotopic (exact) mass is 450 g/mol. The number of piperazine rings is 1. The molecule has 0 bridgehead atoms. The van der Waals surface area contributed by atoms with Gasteiger partial charge in [0.15, 0.2) is 0 Å². The van der Waals surface area contributed by atoms with E-state index in [1.54, 1.807) is 0 Å². The van der Waals surface area contributed by atoms with Crippen molar-refractivity contribution in [1.29, 1.82) is 0 Å². The van der Waals surface area contributed by atoms with Crippen LogP contribution in [0.4, 0.5) is 5.69 Å². The highest BCUT2D eigenvalue weighted by Crippen LogP contribution is 2.45. The molecule has 32 heavy (non-hydrogen) atoms. The van der Waals surface area contributed by atoms with E-state index < -0.39 is 0 Å². The number of nitrogens with zero attached hydrogens (tertiary/aromatic N) is 3. The molecule has 3 unspecified atom stereocenters. The molecule has 4 rings (SSSR count). The molecule has 3 aliphatic heterocycles. The zero-order chi connectivity index (χ0) is 22.8. The maximum Gasteiger partial charge on any atom is 0.252 e. The van der Waals surface area contributed by atoms with Crippen molar-refractivity contribution >= 4 is 31.2 Å². The van der Waals surface area contributed by atoms with Gasteiger partial charge < -0.3 is 15.1 Å². The molecule has 170 valence electrons. The van der Waals surface area contributed by atoms with Gasteiger partial charge in [0.05, 0.1) is 17.2 Å². The van der Waals surface area contributed by atoms with E-state index in [2.05, 4.69) is 75.2 Å². The van der Waals surface area contributed by atoms with Crippen LogP contribution in [-0.4, -0.2) is 52.9 Å². The van der Waals surface area contributed by atoms with Gasteiger partial charge in [0.25, 0.3) is 5.91 Å². The SMILES string of the molecule is CCC(C)C(C)=Nc1cc(C2=CC(=O)N3C=C(N4CCN[C@@H](C)C4)C=CC3P2)ccc1C. The molecule has 1 saturated heterocycles. The lowest BCUT2D eigenvalue weighted by Crippen LogP contribution is -2.49. The van der Waals surface area contributed by atoms with Crippen LogP contribution in [0.3, 0.4) is 0 Å². The van der Waals surface area contributed by atoms with Gasteiger partial charge in [-0.3, -0.25) is 9.79 Å². The first kappa shape index (κ1) is 22.9. The Labute approximate surface area is 194 Å². The predicted molar refractivity (Wildman–Crippen MR) is 137 cm³/mol. The fraction of sp³-hybridized carbons (Fsp3) is 0.462. The number of carbonyl (C=O) groups is 1. The molecule has 1 N–H and O–H groups in total. The molecule has 3 aliphatic rings. The molecule has 1 aromatic rings. The van der Waals surface area contributed by atoms with Crippen LogP contribution in [0.25, 0.3) is 5.31 Å². The third-order valence-electron chi connectivity index (χ3n) is 6.72. The summed E-state index contributed by atoms with van der Waals surface area (Å²) in [5.41, 5.74) is 5.58. The van der Waals surface area contributed by atoms with Crippen molar-refractivity contribution in [1.82, 2.24) is 15.1 Å². The van der Waals surface area contributed by atoms with Crippen molar-refractivity contribution in [3.05, 3.63) is 59.5 Å². The minimum atomic E-state index is 0.0650. The fourth-order valence-corrected chi connectivity index (χ4v) is 5.66. The number of aryl methyl sites for hydroxylation is 1. The van der Waals surface area contributed by atoms with E-state index in [0.29, 0.717) is 20.5 Å². The molecule has 0 aliphatic carbocycles. The highest BCUT2D eigenvalue weighted by atomic mass is 31.1. The van der Waals surface area contributed by atoms with E-state index in [9.17, 15) is 4.79 Å². The molecular formula is C26H35N4OP. The Kier molecular flexibility index (Phi) is 6.97. The van der Waals surface area contributed by atoms with Crippen molar-refractivity contribution in [2.75, 3.05) is 19.6 Å². The molecule has 0 spiro atoms. The minimum absolute atomic E-state index is 0.0650. The largest absolute Gasteiger partial charge is 0.368 e. The Morgan fingerprint density at radius 3 is 2.94 bits per heavy atom. The Bertz CT molecular complexity index is 1010. The van der Waals surface area contributed by atoms with E-state index in [4.69, 9.17) is 4.99 Å². The van der Waals surface area contributed by atoms with Crippen molar-refractivity contribution in [2.24, 2.45) is 10.9 Å². The molecule has 0 saturated carbocycles.